The third kappa shape index (κ3) is 3.47. The molecule has 1 amide bonds. The topological polar surface area (TPSA) is 88.6 Å². The molecule has 4 rings (SSSR count). The zero-order chi connectivity index (χ0) is 20.5. The molecule has 0 fully saturated rings. The zero-order valence-electron chi connectivity index (χ0n) is 16.2. The van der Waals surface area contributed by atoms with Crippen LogP contribution in [0.25, 0.3) is 22.1 Å². The second-order valence-electron chi connectivity index (χ2n) is 7.35. The second kappa shape index (κ2) is 7.43. The van der Waals surface area contributed by atoms with Crippen molar-refractivity contribution < 1.29 is 14.3 Å². The van der Waals surface area contributed by atoms with E-state index in [1.165, 1.54) is 4.57 Å². The summed E-state index contributed by atoms with van der Waals surface area (Å²) in [6.07, 6.45) is -1.15. The number of carboxylic acid groups (broad SMARTS) is 1. The van der Waals surface area contributed by atoms with E-state index in [2.05, 4.69) is 4.98 Å². The molecule has 0 saturated heterocycles. The predicted octanol–water partition coefficient (Wildman–Crippen LogP) is 4.33. The van der Waals surface area contributed by atoms with Gasteiger partial charge in [-0.3, -0.25) is 9.36 Å². The number of fused-ring (bicyclic) bond motifs is 3. The van der Waals surface area contributed by atoms with Crippen LogP contribution in [-0.4, -0.2) is 27.3 Å². The van der Waals surface area contributed by atoms with Gasteiger partial charge in [0.15, 0.2) is 0 Å². The third-order valence-corrected chi connectivity index (χ3v) is 4.67. The number of rotatable bonds is 5. The van der Waals surface area contributed by atoms with E-state index in [4.69, 9.17) is 4.42 Å². The molecule has 2 heterocycles. The predicted molar refractivity (Wildman–Crippen MR) is 112 cm³/mol. The molecule has 0 bridgehead atoms. The molecule has 0 aliphatic carbocycles. The van der Waals surface area contributed by atoms with Gasteiger partial charge in [0.25, 0.3) is 5.56 Å². The summed E-state index contributed by atoms with van der Waals surface area (Å²) in [6, 6.07) is 16.6. The molecule has 7 heteroatoms. The monoisotopic (exact) mass is 391 g/mol. The van der Waals surface area contributed by atoms with Crippen molar-refractivity contribution in [2.45, 2.75) is 20.4 Å². The normalized spacial score (nSPS) is 11.4. The highest BCUT2D eigenvalue weighted by atomic mass is 16.4. The summed E-state index contributed by atoms with van der Waals surface area (Å²) in [4.78, 5) is 31.1. The van der Waals surface area contributed by atoms with Crippen molar-refractivity contribution in [2.24, 2.45) is 5.92 Å². The highest BCUT2D eigenvalue weighted by Gasteiger charge is 2.25. The standard InChI is InChI=1S/C22H21N3O4/c1-14(2)12-25(22(27)28)21-23-18-16-10-6-7-11-17(16)29-19(18)20(26)24(21)13-15-8-4-3-5-9-15/h3-11,14H,12-13H2,1-2H3,(H,27,28). The lowest BCUT2D eigenvalue weighted by Gasteiger charge is -2.23. The summed E-state index contributed by atoms with van der Waals surface area (Å²) < 4.78 is 7.15. The fraction of sp³-hybridized carbons (Fsp3) is 0.227. The minimum Gasteiger partial charge on any atom is -0.465 e. The van der Waals surface area contributed by atoms with Crippen LogP contribution in [0, 0.1) is 5.92 Å². The zero-order valence-corrected chi connectivity index (χ0v) is 16.2. The average Bonchev–Trinajstić information content (AvgIpc) is 3.08. The molecule has 2 aromatic carbocycles. The van der Waals surface area contributed by atoms with Gasteiger partial charge in [-0.15, -0.1) is 0 Å². The van der Waals surface area contributed by atoms with Crippen molar-refractivity contribution in [3.63, 3.8) is 0 Å². The van der Waals surface area contributed by atoms with Crippen LogP contribution in [0.5, 0.6) is 0 Å². The van der Waals surface area contributed by atoms with Gasteiger partial charge in [-0.25, -0.2) is 14.7 Å². The number of carbonyl (C=O) groups is 1. The van der Waals surface area contributed by atoms with Crippen molar-refractivity contribution in [3.8, 4) is 0 Å². The summed E-state index contributed by atoms with van der Waals surface area (Å²) >= 11 is 0. The first-order valence-electron chi connectivity index (χ1n) is 9.42. The Kier molecular flexibility index (Phi) is 4.80. The maximum absolute atomic E-state index is 13.3. The highest BCUT2D eigenvalue weighted by Crippen LogP contribution is 2.27. The van der Waals surface area contributed by atoms with E-state index in [1.807, 2.05) is 62.4 Å². The van der Waals surface area contributed by atoms with E-state index >= 15 is 0 Å². The molecule has 148 valence electrons. The van der Waals surface area contributed by atoms with Gasteiger partial charge in [-0.2, -0.15) is 0 Å². The first-order valence-corrected chi connectivity index (χ1v) is 9.42. The van der Waals surface area contributed by atoms with E-state index in [0.29, 0.717) is 16.5 Å². The number of aromatic nitrogens is 2. The molecule has 0 unspecified atom stereocenters. The molecule has 2 aromatic heterocycles. The molecule has 0 saturated carbocycles. The molecule has 0 radical (unpaired) electrons. The number of anilines is 1. The summed E-state index contributed by atoms with van der Waals surface area (Å²) in [5.41, 5.74) is 1.50. The Morgan fingerprint density at radius 3 is 2.52 bits per heavy atom. The van der Waals surface area contributed by atoms with Crippen molar-refractivity contribution in [1.82, 2.24) is 9.55 Å². The van der Waals surface area contributed by atoms with Gasteiger partial charge in [-0.1, -0.05) is 56.3 Å². The second-order valence-corrected chi connectivity index (χ2v) is 7.35. The van der Waals surface area contributed by atoms with Crippen molar-refractivity contribution in [1.29, 1.82) is 0 Å². The number of hydrogen-bond acceptors (Lipinski definition) is 4. The van der Waals surface area contributed by atoms with E-state index in [1.54, 1.807) is 6.07 Å². The SMILES string of the molecule is CC(C)CN(C(=O)O)c1nc2c(oc3ccccc32)c(=O)n1Cc1ccccc1. The minimum absolute atomic E-state index is 0.0602. The average molecular weight is 391 g/mol. The quantitative estimate of drug-likeness (QED) is 0.547. The van der Waals surface area contributed by atoms with Gasteiger partial charge in [0.05, 0.1) is 6.54 Å². The molecule has 7 nitrogen and oxygen atoms in total. The van der Waals surface area contributed by atoms with E-state index in [0.717, 1.165) is 10.5 Å². The number of amides is 1. The van der Waals surface area contributed by atoms with E-state index < -0.39 is 11.7 Å². The lowest BCUT2D eigenvalue weighted by molar-refractivity contribution is 0.200. The molecule has 29 heavy (non-hydrogen) atoms. The Bertz CT molecular complexity index is 1240. The van der Waals surface area contributed by atoms with E-state index in [-0.39, 0.29) is 30.5 Å². The molecule has 0 aliphatic rings. The van der Waals surface area contributed by atoms with E-state index in [9.17, 15) is 14.7 Å². The van der Waals surface area contributed by atoms with Crippen molar-refractivity contribution in [2.75, 3.05) is 11.4 Å². The summed E-state index contributed by atoms with van der Waals surface area (Å²) in [5, 5.41) is 10.5. The smallest absolute Gasteiger partial charge is 0.414 e. The first-order chi connectivity index (χ1) is 14.0. The van der Waals surface area contributed by atoms with Crippen LogP contribution in [0.4, 0.5) is 10.7 Å². The molecule has 0 atom stereocenters. The van der Waals surface area contributed by atoms with Gasteiger partial charge >= 0.3 is 6.09 Å². The number of furan rings is 1. The maximum Gasteiger partial charge on any atom is 0.414 e. The molecular formula is C22H21N3O4. The van der Waals surface area contributed by atoms with Crippen LogP contribution in [0.15, 0.2) is 63.8 Å². The molecule has 1 N–H and O–H groups in total. The lowest BCUT2D eigenvalue weighted by atomic mass is 10.2. The van der Waals surface area contributed by atoms with Crippen molar-refractivity contribution >= 4 is 34.1 Å². The molecule has 4 aromatic rings. The molecular weight excluding hydrogens is 370 g/mol. The molecule has 0 aliphatic heterocycles. The third-order valence-electron chi connectivity index (χ3n) is 4.67. The van der Waals surface area contributed by atoms with Gasteiger partial charge in [0.1, 0.15) is 11.1 Å². The Labute approximate surface area is 166 Å². The first kappa shape index (κ1) is 18.7. The van der Waals surface area contributed by atoms with Gasteiger partial charge < -0.3 is 9.52 Å². The van der Waals surface area contributed by atoms with Crippen LogP contribution >= 0.6 is 0 Å². The lowest BCUT2D eigenvalue weighted by Crippen LogP contribution is -2.39. The number of para-hydroxylation sites is 1. The van der Waals surface area contributed by atoms with Crippen LogP contribution in [0.3, 0.4) is 0 Å². The van der Waals surface area contributed by atoms with Crippen LogP contribution in [0.1, 0.15) is 19.4 Å². The van der Waals surface area contributed by atoms with Crippen LogP contribution in [-0.2, 0) is 6.54 Å². The fourth-order valence-electron chi connectivity index (χ4n) is 3.39. The maximum atomic E-state index is 13.3. The Balaban J connectivity index is 2.01. The van der Waals surface area contributed by atoms with Gasteiger partial charge in [-0.05, 0) is 23.6 Å². The van der Waals surface area contributed by atoms with Gasteiger partial charge in [0.2, 0.25) is 11.5 Å². The Hall–Kier alpha value is -3.61. The number of hydrogen-bond donors (Lipinski definition) is 1. The fourth-order valence-corrected chi connectivity index (χ4v) is 3.39. The minimum atomic E-state index is -1.15. The largest absolute Gasteiger partial charge is 0.465 e. The summed E-state index contributed by atoms with van der Waals surface area (Å²) in [5.74, 6) is 0.157. The van der Waals surface area contributed by atoms with Crippen LogP contribution in [0.2, 0.25) is 0 Å². The Morgan fingerprint density at radius 1 is 1.14 bits per heavy atom. The molecule has 0 spiro atoms. The number of benzene rings is 2. The number of nitrogens with zero attached hydrogens (tertiary/aromatic N) is 3. The van der Waals surface area contributed by atoms with Crippen LogP contribution < -0.4 is 10.5 Å². The highest BCUT2D eigenvalue weighted by molar-refractivity contribution is 6.02. The van der Waals surface area contributed by atoms with Crippen molar-refractivity contribution in [3.05, 3.63) is 70.5 Å². The summed E-state index contributed by atoms with van der Waals surface area (Å²) in [6.45, 7) is 4.25. The van der Waals surface area contributed by atoms with Gasteiger partial charge in [0, 0.05) is 11.9 Å². The summed E-state index contributed by atoms with van der Waals surface area (Å²) in [7, 11) is 0. The Morgan fingerprint density at radius 2 is 1.83 bits per heavy atom.